The standard InChI is InChI=1S/C16H17Cl2NO2/c1-3-21-15-7-4-11(8-16(15)20-2)10-19-12-5-6-13(17)14(18)9-12/h4-9,19H,3,10H2,1-2H3. The molecule has 1 N–H and O–H groups in total. The topological polar surface area (TPSA) is 30.5 Å². The summed E-state index contributed by atoms with van der Waals surface area (Å²) in [7, 11) is 1.63. The molecule has 0 amide bonds. The highest BCUT2D eigenvalue weighted by atomic mass is 35.5. The van der Waals surface area contributed by atoms with E-state index in [9.17, 15) is 0 Å². The Hall–Kier alpha value is -1.58. The summed E-state index contributed by atoms with van der Waals surface area (Å²) in [5.41, 5.74) is 2.00. The van der Waals surface area contributed by atoms with Crippen LogP contribution in [0.3, 0.4) is 0 Å². The van der Waals surface area contributed by atoms with Crippen LogP contribution >= 0.6 is 23.2 Å². The summed E-state index contributed by atoms with van der Waals surface area (Å²) in [5, 5.41) is 4.37. The largest absolute Gasteiger partial charge is 0.493 e. The van der Waals surface area contributed by atoms with Gasteiger partial charge in [-0.3, -0.25) is 0 Å². The van der Waals surface area contributed by atoms with Crippen LogP contribution in [0.2, 0.25) is 10.0 Å². The van der Waals surface area contributed by atoms with Crippen LogP contribution in [0.4, 0.5) is 5.69 Å². The SMILES string of the molecule is CCOc1ccc(CNc2ccc(Cl)c(Cl)c2)cc1OC. The first-order valence-corrected chi connectivity index (χ1v) is 7.38. The maximum absolute atomic E-state index is 5.99. The van der Waals surface area contributed by atoms with Crippen LogP contribution in [0, 0.1) is 0 Å². The minimum absolute atomic E-state index is 0.533. The van der Waals surface area contributed by atoms with Crippen LogP contribution in [0.1, 0.15) is 12.5 Å². The van der Waals surface area contributed by atoms with Crippen molar-refractivity contribution in [2.75, 3.05) is 19.0 Å². The summed E-state index contributed by atoms with van der Waals surface area (Å²) >= 11 is 11.9. The van der Waals surface area contributed by atoms with Gasteiger partial charge in [-0.25, -0.2) is 0 Å². The van der Waals surface area contributed by atoms with Crippen molar-refractivity contribution >= 4 is 28.9 Å². The number of hydrogen-bond acceptors (Lipinski definition) is 3. The molecule has 2 rings (SSSR count). The quantitative estimate of drug-likeness (QED) is 0.809. The van der Waals surface area contributed by atoms with Crippen molar-refractivity contribution in [1.29, 1.82) is 0 Å². The zero-order valence-corrected chi connectivity index (χ0v) is 13.5. The average molecular weight is 326 g/mol. The molecule has 2 aromatic carbocycles. The van der Waals surface area contributed by atoms with Gasteiger partial charge >= 0.3 is 0 Å². The Bertz CT molecular complexity index is 617. The van der Waals surface area contributed by atoms with Gasteiger partial charge in [-0.05, 0) is 42.8 Å². The van der Waals surface area contributed by atoms with Crippen molar-refractivity contribution in [3.63, 3.8) is 0 Å². The van der Waals surface area contributed by atoms with Gasteiger partial charge in [-0.1, -0.05) is 29.3 Å². The fourth-order valence-corrected chi connectivity index (χ4v) is 2.21. The molecule has 0 bridgehead atoms. The lowest BCUT2D eigenvalue weighted by molar-refractivity contribution is 0.310. The number of halogens is 2. The Kier molecular flexibility index (Phi) is 5.59. The molecule has 0 fully saturated rings. The van der Waals surface area contributed by atoms with Crippen molar-refractivity contribution < 1.29 is 9.47 Å². The normalized spacial score (nSPS) is 10.3. The molecule has 0 saturated heterocycles. The molecular weight excluding hydrogens is 309 g/mol. The van der Waals surface area contributed by atoms with Crippen molar-refractivity contribution in [3.05, 3.63) is 52.0 Å². The Balaban J connectivity index is 2.07. The molecule has 0 aliphatic heterocycles. The molecule has 0 saturated carbocycles. The maximum atomic E-state index is 5.99. The Labute approximate surface area is 134 Å². The molecule has 21 heavy (non-hydrogen) atoms. The fraction of sp³-hybridized carbons (Fsp3) is 0.250. The lowest BCUT2D eigenvalue weighted by atomic mass is 10.2. The highest BCUT2D eigenvalue weighted by Crippen LogP contribution is 2.29. The van der Waals surface area contributed by atoms with Crippen LogP contribution in [-0.2, 0) is 6.54 Å². The predicted octanol–water partition coefficient (Wildman–Crippen LogP) is 5.01. The van der Waals surface area contributed by atoms with E-state index in [0.717, 1.165) is 22.7 Å². The van der Waals surface area contributed by atoms with Crippen molar-refractivity contribution in [2.24, 2.45) is 0 Å². The zero-order chi connectivity index (χ0) is 15.2. The molecule has 0 spiro atoms. The van der Waals surface area contributed by atoms with Crippen molar-refractivity contribution in [3.8, 4) is 11.5 Å². The number of ether oxygens (including phenoxy) is 2. The second-order valence-corrected chi connectivity index (χ2v) is 5.22. The molecule has 2 aromatic rings. The minimum Gasteiger partial charge on any atom is -0.493 e. The van der Waals surface area contributed by atoms with Gasteiger partial charge in [0.05, 0.1) is 23.8 Å². The van der Waals surface area contributed by atoms with Crippen LogP contribution in [0.25, 0.3) is 0 Å². The monoisotopic (exact) mass is 325 g/mol. The molecule has 112 valence electrons. The number of anilines is 1. The highest BCUT2D eigenvalue weighted by Gasteiger charge is 2.05. The van der Waals surface area contributed by atoms with Crippen LogP contribution in [0.5, 0.6) is 11.5 Å². The van der Waals surface area contributed by atoms with E-state index < -0.39 is 0 Å². The Morgan fingerprint density at radius 1 is 1.00 bits per heavy atom. The van der Waals surface area contributed by atoms with Gasteiger partial charge in [0.2, 0.25) is 0 Å². The lowest BCUT2D eigenvalue weighted by Crippen LogP contribution is -2.01. The molecule has 0 atom stereocenters. The third-order valence-electron chi connectivity index (χ3n) is 2.94. The second-order valence-electron chi connectivity index (χ2n) is 4.40. The minimum atomic E-state index is 0.533. The maximum Gasteiger partial charge on any atom is 0.161 e. The lowest BCUT2D eigenvalue weighted by Gasteiger charge is -2.12. The third kappa shape index (κ3) is 4.19. The van der Waals surface area contributed by atoms with Gasteiger partial charge in [0.1, 0.15) is 0 Å². The number of benzene rings is 2. The number of rotatable bonds is 6. The first-order chi connectivity index (χ1) is 10.1. The van der Waals surface area contributed by atoms with Gasteiger partial charge in [0.15, 0.2) is 11.5 Å². The van der Waals surface area contributed by atoms with E-state index in [1.165, 1.54) is 0 Å². The number of hydrogen-bond donors (Lipinski definition) is 1. The van der Waals surface area contributed by atoms with Gasteiger partial charge in [-0.15, -0.1) is 0 Å². The molecule has 0 aliphatic carbocycles. The van der Waals surface area contributed by atoms with Gasteiger partial charge in [0, 0.05) is 12.2 Å². The zero-order valence-electron chi connectivity index (χ0n) is 12.0. The van der Waals surface area contributed by atoms with E-state index in [0.29, 0.717) is 23.2 Å². The summed E-state index contributed by atoms with van der Waals surface area (Å²) in [5.74, 6) is 1.48. The van der Waals surface area contributed by atoms with Crippen LogP contribution < -0.4 is 14.8 Å². The van der Waals surface area contributed by atoms with Crippen molar-refractivity contribution in [1.82, 2.24) is 0 Å². The molecular formula is C16H17Cl2NO2. The smallest absolute Gasteiger partial charge is 0.161 e. The molecule has 0 aliphatic rings. The van der Waals surface area contributed by atoms with Gasteiger partial charge in [0.25, 0.3) is 0 Å². The van der Waals surface area contributed by atoms with E-state index in [-0.39, 0.29) is 0 Å². The Morgan fingerprint density at radius 3 is 2.48 bits per heavy atom. The van der Waals surface area contributed by atoms with Gasteiger partial charge < -0.3 is 14.8 Å². The molecule has 5 heteroatoms. The summed E-state index contributed by atoms with van der Waals surface area (Å²) in [4.78, 5) is 0. The summed E-state index contributed by atoms with van der Waals surface area (Å²) in [6.07, 6.45) is 0. The molecule has 0 unspecified atom stereocenters. The van der Waals surface area contributed by atoms with E-state index in [4.69, 9.17) is 32.7 Å². The molecule has 0 radical (unpaired) electrons. The number of nitrogens with one attached hydrogen (secondary N) is 1. The predicted molar refractivity (Wildman–Crippen MR) is 88.0 cm³/mol. The summed E-state index contributed by atoms with van der Waals surface area (Å²) in [6, 6.07) is 11.3. The first kappa shape index (κ1) is 15.8. The molecule has 0 heterocycles. The fourth-order valence-electron chi connectivity index (χ4n) is 1.91. The van der Waals surface area contributed by atoms with E-state index >= 15 is 0 Å². The molecule has 3 nitrogen and oxygen atoms in total. The van der Waals surface area contributed by atoms with Crippen LogP contribution in [0.15, 0.2) is 36.4 Å². The van der Waals surface area contributed by atoms with E-state index in [1.54, 1.807) is 19.2 Å². The highest BCUT2D eigenvalue weighted by molar-refractivity contribution is 6.42. The first-order valence-electron chi connectivity index (χ1n) is 6.62. The van der Waals surface area contributed by atoms with Crippen molar-refractivity contribution in [2.45, 2.75) is 13.5 Å². The molecule has 0 aromatic heterocycles. The van der Waals surface area contributed by atoms with E-state index in [1.807, 2.05) is 31.2 Å². The summed E-state index contributed by atoms with van der Waals surface area (Å²) in [6.45, 7) is 3.21. The second kappa shape index (κ2) is 7.43. The number of methoxy groups -OCH3 is 1. The third-order valence-corrected chi connectivity index (χ3v) is 3.68. The summed E-state index contributed by atoms with van der Waals surface area (Å²) < 4.78 is 10.8. The Morgan fingerprint density at radius 2 is 1.81 bits per heavy atom. The van der Waals surface area contributed by atoms with Crippen LogP contribution in [-0.4, -0.2) is 13.7 Å². The average Bonchev–Trinajstić information content (AvgIpc) is 2.49. The van der Waals surface area contributed by atoms with E-state index in [2.05, 4.69) is 5.32 Å². The van der Waals surface area contributed by atoms with Gasteiger partial charge in [-0.2, -0.15) is 0 Å².